The van der Waals surface area contributed by atoms with Crippen LogP contribution in [0.5, 0.6) is 0 Å². The minimum atomic E-state index is -0.363. The second-order valence-electron chi connectivity index (χ2n) is 4.50. The van der Waals surface area contributed by atoms with Crippen molar-refractivity contribution >= 4 is 0 Å². The van der Waals surface area contributed by atoms with Crippen molar-refractivity contribution in [3.8, 4) is 0 Å². The molecule has 1 aliphatic rings. The molecule has 0 aliphatic carbocycles. The molecular weight excluding hydrogens is 176 g/mol. The summed E-state index contributed by atoms with van der Waals surface area (Å²) >= 11 is 0. The lowest BCUT2D eigenvalue weighted by Crippen LogP contribution is -2.45. The van der Waals surface area contributed by atoms with Gasteiger partial charge in [-0.1, -0.05) is 6.92 Å². The lowest BCUT2D eigenvalue weighted by Gasteiger charge is -2.35. The van der Waals surface area contributed by atoms with Crippen molar-refractivity contribution < 1.29 is 5.11 Å². The third-order valence-corrected chi connectivity index (χ3v) is 3.27. The van der Waals surface area contributed by atoms with E-state index in [1.165, 1.54) is 13.0 Å². The van der Waals surface area contributed by atoms with E-state index in [9.17, 15) is 5.11 Å². The molecule has 0 aromatic carbocycles. The van der Waals surface area contributed by atoms with Gasteiger partial charge in [-0.05, 0) is 51.7 Å². The Kier molecular flexibility index (Phi) is 4.85. The molecule has 84 valence electrons. The van der Waals surface area contributed by atoms with Gasteiger partial charge in [0.15, 0.2) is 0 Å². The van der Waals surface area contributed by atoms with Gasteiger partial charge >= 0.3 is 0 Å². The average Bonchev–Trinajstić information content (AvgIpc) is 2.18. The molecule has 0 aromatic rings. The summed E-state index contributed by atoms with van der Waals surface area (Å²) in [5, 5.41) is 9.40. The van der Waals surface area contributed by atoms with E-state index >= 15 is 0 Å². The number of nitrogens with two attached hydrogens (primary N) is 1. The lowest BCUT2D eigenvalue weighted by molar-refractivity contribution is 0.0957. The van der Waals surface area contributed by atoms with Crippen LogP contribution in [0.15, 0.2) is 0 Å². The van der Waals surface area contributed by atoms with Crippen molar-refractivity contribution in [2.75, 3.05) is 19.6 Å². The fourth-order valence-electron chi connectivity index (χ4n) is 2.27. The van der Waals surface area contributed by atoms with Crippen LogP contribution in [-0.4, -0.2) is 41.8 Å². The zero-order valence-electron chi connectivity index (χ0n) is 9.45. The molecule has 3 nitrogen and oxygen atoms in total. The van der Waals surface area contributed by atoms with Crippen LogP contribution in [0.25, 0.3) is 0 Å². The summed E-state index contributed by atoms with van der Waals surface area (Å²) in [7, 11) is 0. The first kappa shape index (κ1) is 12.0. The molecule has 0 spiro atoms. The number of likely N-dealkylation sites (tertiary alicyclic amines) is 1. The highest BCUT2D eigenvalue weighted by Crippen LogP contribution is 2.21. The van der Waals surface area contributed by atoms with Crippen LogP contribution < -0.4 is 5.73 Å². The standard InChI is InChI=1S/C11H24N2O/c1-3-6-13-7-4-10(5-8-13)11(12)9(2)14/h9-11,14H,3-8,12H2,1-2H3/t9-,11+/m1/s1. The SMILES string of the molecule is CCCN1CCC([C@@H](N)[C@@H](C)O)CC1. The van der Waals surface area contributed by atoms with Crippen molar-refractivity contribution in [1.29, 1.82) is 0 Å². The first-order valence-electron chi connectivity index (χ1n) is 5.81. The topological polar surface area (TPSA) is 49.5 Å². The highest BCUT2D eigenvalue weighted by molar-refractivity contribution is 4.82. The zero-order chi connectivity index (χ0) is 10.6. The molecule has 0 unspecified atom stereocenters. The van der Waals surface area contributed by atoms with E-state index in [2.05, 4.69) is 11.8 Å². The predicted molar refractivity (Wildman–Crippen MR) is 59.1 cm³/mol. The second-order valence-corrected chi connectivity index (χ2v) is 4.50. The average molecular weight is 200 g/mol. The Morgan fingerprint density at radius 1 is 1.43 bits per heavy atom. The molecule has 14 heavy (non-hydrogen) atoms. The number of hydrogen-bond donors (Lipinski definition) is 2. The minimum Gasteiger partial charge on any atom is -0.392 e. The van der Waals surface area contributed by atoms with Gasteiger partial charge in [0, 0.05) is 6.04 Å². The molecule has 3 heteroatoms. The van der Waals surface area contributed by atoms with E-state index in [1.54, 1.807) is 6.92 Å². The molecule has 0 aromatic heterocycles. The number of hydrogen-bond acceptors (Lipinski definition) is 3. The van der Waals surface area contributed by atoms with Crippen LogP contribution in [0.1, 0.15) is 33.1 Å². The fourth-order valence-corrected chi connectivity index (χ4v) is 2.27. The van der Waals surface area contributed by atoms with Gasteiger partial charge in [0.25, 0.3) is 0 Å². The Hall–Kier alpha value is -0.120. The molecule has 3 N–H and O–H groups in total. The van der Waals surface area contributed by atoms with Crippen molar-refractivity contribution in [3.05, 3.63) is 0 Å². The normalized spacial score (nSPS) is 24.9. The summed E-state index contributed by atoms with van der Waals surface area (Å²) in [5.41, 5.74) is 5.94. The summed E-state index contributed by atoms with van der Waals surface area (Å²) < 4.78 is 0. The molecule has 0 amide bonds. The van der Waals surface area contributed by atoms with E-state index in [1.807, 2.05) is 0 Å². The molecule has 1 rings (SSSR count). The third kappa shape index (κ3) is 3.23. The van der Waals surface area contributed by atoms with Crippen molar-refractivity contribution in [3.63, 3.8) is 0 Å². The first-order chi connectivity index (χ1) is 6.65. The van der Waals surface area contributed by atoms with Crippen molar-refractivity contribution in [1.82, 2.24) is 4.90 Å². The smallest absolute Gasteiger partial charge is 0.0665 e. The van der Waals surface area contributed by atoms with E-state index in [4.69, 9.17) is 5.73 Å². The largest absolute Gasteiger partial charge is 0.392 e. The number of aliphatic hydroxyl groups is 1. The van der Waals surface area contributed by atoms with Gasteiger partial charge in [0.2, 0.25) is 0 Å². The van der Waals surface area contributed by atoms with Gasteiger partial charge in [-0.2, -0.15) is 0 Å². The Morgan fingerprint density at radius 2 is 2.00 bits per heavy atom. The van der Waals surface area contributed by atoms with Crippen molar-refractivity contribution in [2.24, 2.45) is 11.7 Å². The van der Waals surface area contributed by atoms with Crippen LogP contribution >= 0.6 is 0 Å². The van der Waals surface area contributed by atoms with Crippen molar-refractivity contribution in [2.45, 2.75) is 45.3 Å². The van der Waals surface area contributed by atoms with Gasteiger partial charge in [-0.15, -0.1) is 0 Å². The number of nitrogens with zero attached hydrogens (tertiary/aromatic N) is 1. The van der Waals surface area contributed by atoms with E-state index in [0.29, 0.717) is 5.92 Å². The van der Waals surface area contributed by atoms with Crippen LogP contribution in [-0.2, 0) is 0 Å². The van der Waals surface area contributed by atoms with E-state index in [-0.39, 0.29) is 12.1 Å². The van der Waals surface area contributed by atoms with Gasteiger partial charge in [0.1, 0.15) is 0 Å². The monoisotopic (exact) mass is 200 g/mol. The van der Waals surface area contributed by atoms with Gasteiger partial charge in [0.05, 0.1) is 6.10 Å². The van der Waals surface area contributed by atoms with E-state index < -0.39 is 0 Å². The Bertz CT molecular complexity index is 153. The second kappa shape index (κ2) is 5.69. The van der Waals surface area contributed by atoms with Gasteiger partial charge in [-0.3, -0.25) is 0 Å². The lowest BCUT2D eigenvalue weighted by atomic mass is 9.87. The van der Waals surface area contributed by atoms with Crippen LogP contribution in [0.3, 0.4) is 0 Å². The molecule has 2 atom stereocenters. The van der Waals surface area contributed by atoms with Gasteiger partial charge < -0.3 is 15.7 Å². The molecule has 0 radical (unpaired) electrons. The maximum absolute atomic E-state index is 9.40. The third-order valence-electron chi connectivity index (χ3n) is 3.27. The summed E-state index contributed by atoms with van der Waals surface area (Å²) in [6, 6.07) is -0.0289. The summed E-state index contributed by atoms with van der Waals surface area (Å²) in [5.74, 6) is 0.517. The molecule has 0 saturated carbocycles. The Labute approximate surface area is 87.3 Å². The summed E-state index contributed by atoms with van der Waals surface area (Å²) in [6.07, 6.45) is 3.16. The quantitative estimate of drug-likeness (QED) is 0.706. The first-order valence-corrected chi connectivity index (χ1v) is 5.81. The molecule has 1 saturated heterocycles. The highest BCUT2D eigenvalue weighted by Gasteiger charge is 2.26. The molecular formula is C11H24N2O. The molecule has 1 heterocycles. The maximum Gasteiger partial charge on any atom is 0.0665 e. The number of piperidine rings is 1. The van der Waals surface area contributed by atoms with E-state index in [0.717, 1.165) is 25.9 Å². The van der Waals surface area contributed by atoms with Crippen LogP contribution in [0, 0.1) is 5.92 Å². The maximum atomic E-state index is 9.40. The summed E-state index contributed by atoms with van der Waals surface area (Å²) in [6.45, 7) is 7.52. The predicted octanol–water partition coefficient (Wildman–Crippen LogP) is 0.817. The molecule has 1 fully saturated rings. The molecule has 1 aliphatic heterocycles. The Morgan fingerprint density at radius 3 is 2.43 bits per heavy atom. The number of aliphatic hydroxyl groups excluding tert-OH is 1. The van der Waals surface area contributed by atoms with Crippen LogP contribution in [0.4, 0.5) is 0 Å². The fraction of sp³-hybridized carbons (Fsp3) is 1.00. The Balaban J connectivity index is 2.28. The zero-order valence-corrected chi connectivity index (χ0v) is 9.45. The highest BCUT2D eigenvalue weighted by atomic mass is 16.3. The number of rotatable bonds is 4. The van der Waals surface area contributed by atoms with Gasteiger partial charge in [-0.25, -0.2) is 0 Å². The minimum absolute atomic E-state index is 0.0289. The van der Waals surface area contributed by atoms with Crippen LogP contribution in [0.2, 0.25) is 0 Å². The molecule has 0 bridgehead atoms. The summed E-state index contributed by atoms with van der Waals surface area (Å²) in [4.78, 5) is 2.49.